The Labute approximate surface area is 112 Å². The predicted molar refractivity (Wildman–Crippen MR) is 75.6 cm³/mol. The molecule has 0 aromatic heterocycles. The Morgan fingerprint density at radius 1 is 0.944 bits per heavy atom. The molecule has 2 heterocycles. The predicted octanol–water partition coefficient (Wildman–Crippen LogP) is 1.67. The Kier molecular flexibility index (Phi) is 4.22. The van der Waals surface area contributed by atoms with Crippen molar-refractivity contribution in [2.24, 2.45) is 11.7 Å². The molecule has 104 valence electrons. The molecule has 1 saturated carbocycles. The highest BCUT2D eigenvalue weighted by Gasteiger charge is 2.30. The van der Waals surface area contributed by atoms with E-state index < -0.39 is 0 Å². The summed E-state index contributed by atoms with van der Waals surface area (Å²) < 4.78 is 0. The third kappa shape index (κ3) is 2.89. The van der Waals surface area contributed by atoms with Crippen LogP contribution in [0.4, 0.5) is 0 Å². The van der Waals surface area contributed by atoms with E-state index in [1.165, 1.54) is 71.1 Å². The lowest BCUT2D eigenvalue weighted by Gasteiger charge is -2.29. The molecular weight excluding hydrogens is 222 g/mol. The highest BCUT2D eigenvalue weighted by atomic mass is 15.3. The maximum absolute atomic E-state index is 6.44. The molecule has 0 aromatic rings. The number of hydrogen-bond donors (Lipinski definition) is 1. The summed E-state index contributed by atoms with van der Waals surface area (Å²) in [6, 6.07) is 1.27. The Hall–Kier alpha value is -0.120. The molecule has 2 saturated heterocycles. The van der Waals surface area contributed by atoms with Gasteiger partial charge in [-0.1, -0.05) is 12.8 Å². The van der Waals surface area contributed by atoms with Gasteiger partial charge >= 0.3 is 0 Å². The van der Waals surface area contributed by atoms with Crippen molar-refractivity contribution in [3.8, 4) is 0 Å². The Bertz CT molecular complexity index is 262. The van der Waals surface area contributed by atoms with Gasteiger partial charge in [0.25, 0.3) is 0 Å². The van der Waals surface area contributed by atoms with Gasteiger partial charge in [-0.3, -0.25) is 4.90 Å². The number of nitrogens with two attached hydrogens (primary N) is 1. The Balaban J connectivity index is 1.51. The lowest BCUT2D eigenvalue weighted by atomic mass is 9.98. The first kappa shape index (κ1) is 12.9. The highest BCUT2D eigenvalue weighted by Crippen LogP contribution is 2.28. The van der Waals surface area contributed by atoms with Crippen molar-refractivity contribution in [2.45, 2.75) is 57.0 Å². The lowest BCUT2D eigenvalue weighted by Crippen LogP contribution is -2.44. The van der Waals surface area contributed by atoms with Gasteiger partial charge in [-0.05, 0) is 57.7 Å². The molecule has 3 heteroatoms. The van der Waals surface area contributed by atoms with E-state index in [4.69, 9.17) is 5.73 Å². The number of hydrogen-bond acceptors (Lipinski definition) is 3. The molecule has 1 aliphatic carbocycles. The third-order valence-corrected chi connectivity index (χ3v) is 5.36. The zero-order valence-electron chi connectivity index (χ0n) is 11.7. The van der Waals surface area contributed by atoms with Crippen LogP contribution in [-0.4, -0.2) is 54.6 Å². The van der Waals surface area contributed by atoms with E-state index in [1.807, 2.05) is 0 Å². The molecule has 0 aromatic carbocycles. The SMILES string of the molecule is NC(CN1CCCN2CCCC2C1)C1CCCC1. The highest BCUT2D eigenvalue weighted by molar-refractivity contribution is 4.87. The van der Waals surface area contributed by atoms with Crippen LogP contribution in [0.15, 0.2) is 0 Å². The van der Waals surface area contributed by atoms with Crippen molar-refractivity contribution in [3.05, 3.63) is 0 Å². The quantitative estimate of drug-likeness (QED) is 0.828. The van der Waals surface area contributed by atoms with E-state index in [2.05, 4.69) is 9.80 Å². The summed E-state index contributed by atoms with van der Waals surface area (Å²) in [6.45, 7) is 6.36. The summed E-state index contributed by atoms with van der Waals surface area (Å²) in [5.74, 6) is 0.813. The lowest BCUT2D eigenvalue weighted by molar-refractivity contribution is 0.199. The first-order chi connectivity index (χ1) is 8.83. The van der Waals surface area contributed by atoms with Crippen LogP contribution in [0.25, 0.3) is 0 Å². The van der Waals surface area contributed by atoms with Gasteiger partial charge in [0, 0.05) is 25.2 Å². The molecule has 0 radical (unpaired) electrons. The van der Waals surface area contributed by atoms with Crippen LogP contribution in [0.1, 0.15) is 44.9 Å². The van der Waals surface area contributed by atoms with E-state index in [9.17, 15) is 0 Å². The van der Waals surface area contributed by atoms with Crippen molar-refractivity contribution in [1.82, 2.24) is 9.80 Å². The number of nitrogens with zero attached hydrogens (tertiary/aromatic N) is 2. The third-order valence-electron chi connectivity index (χ3n) is 5.36. The molecule has 0 amide bonds. The molecule has 2 atom stereocenters. The maximum Gasteiger partial charge on any atom is 0.0223 e. The summed E-state index contributed by atoms with van der Waals surface area (Å²) in [5, 5.41) is 0. The van der Waals surface area contributed by atoms with Crippen LogP contribution in [0.3, 0.4) is 0 Å². The van der Waals surface area contributed by atoms with Gasteiger partial charge in [-0.15, -0.1) is 0 Å². The summed E-state index contributed by atoms with van der Waals surface area (Å²) in [5.41, 5.74) is 6.44. The smallest absolute Gasteiger partial charge is 0.0223 e. The van der Waals surface area contributed by atoms with Crippen molar-refractivity contribution in [2.75, 3.05) is 32.7 Å². The monoisotopic (exact) mass is 251 g/mol. The average Bonchev–Trinajstić information content (AvgIpc) is 2.99. The number of rotatable bonds is 3. The van der Waals surface area contributed by atoms with Crippen molar-refractivity contribution < 1.29 is 0 Å². The molecule has 3 nitrogen and oxygen atoms in total. The fraction of sp³-hybridized carbons (Fsp3) is 1.00. The van der Waals surface area contributed by atoms with Crippen LogP contribution in [-0.2, 0) is 0 Å². The van der Waals surface area contributed by atoms with Crippen LogP contribution < -0.4 is 5.73 Å². The average molecular weight is 251 g/mol. The minimum atomic E-state index is 0.431. The van der Waals surface area contributed by atoms with Crippen molar-refractivity contribution in [1.29, 1.82) is 0 Å². The van der Waals surface area contributed by atoms with Crippen LogP contribution in [0, 0.1) is 5.92 Å². The Morgan fingerprint density at radius 3 is 2.56 bits per heavy atom. The van der Waals surface area contributed by atoms with Gasteiger partial charge in [0.15, 0.2) is 0 Å². The molecule has 0 spiro atoms. The van der Waals surface area contributed by atoms with Gasteiger partial charge in [-0.25, -0.2) is 0 Å². The summed E-state index contributed by atoms with van der Waals surface area (Å²) in [4.78, 5) is 5.38. The molecule has 3 rings (SSSR count). The van der Waals surface area contributed by atoms with Crippen molar-refractivity contribution in [3.63, 3.8) is 0 Å². The second-order valence-electron chi connectivity index (χ2n) is 6.65. The van der Waals surface area contributed by atoms with Crippen LogP contribution >= 0.6 is 0 Å². The zero-order valence-corrected chi connectivity index (χ0v) is 11.7. The standard InChI is InChI=1S/C15H29N3/c16-15(13-5-1-2-6-13)12-17-8-4-10-18-9-3-7-14(18)11-17/h13-15H,1-12,16H2. The molecule has 2 aliphatic heterocycles. The van der Waals surface area contributed by atoms with Crippen molar-refractivity contribution >= 4 is 0 Å². The molecule has 0 bridgehead atoms. The van der Waals surface area contributed by atoms with Gasteiger partial charge in [-0.2, -0.15) is 0 Å². The Morgan fingerprint density at radius 2 is 1.72 bits per heavy atom. The molecule has 2 N–H and O–H groups in total. The van der Waals surface area contributed by atoms with E-state index >= 15 is 0 Å². The number of fused-ring (bicyclic) bond motifs is 1. The molecule has 18 heavy (non-hydrogen) atoms. The van der Waals surface area contributed by atoms with E-state index in [0.29, 0.717) is 6.04 Å². The first-order valence-corrected chi connectivity index (χ1v) is 8.05. The summed E-state index contributed by atoms with van der Waals surface area (Å²) in [6.07, 6.45) is 9.74. The second-order valence-corrected chi connectivity index (χ2v) is 6.65. The topological polar surface area (TPSA) is 32.5 Å². The minimum absolute atomic E-state index is 0.431. The fourth-order valence-electron chi connectivity index (χ4n) is 4.28. The zero-order chi connectivity index (χ0) is 12.4. The molecular formula is C15H29N3. The minimum Gasteiger partial charge on any atom is -0.326 e. The normalized spacial score (nSPS) is 33.5. The maximum atomic E-state index is 6.44. The fourth-order valence-corrected chi connectivity index (χ4v) is 4.28. The first-order valence-electron chi connectivity index (χ1n) is 8.05. The van der Waals surface area contributed by atoms with Gasteiger partial charge < -0.3 is 10.6 Å². The molecule has 3 aliphatic rings. The summed E-state index contributed by atoms with van der Waals surface area (Å²) in [7, 11) is 0. The van der Waals surface area contributed by atoms with Gasteiger partial charge in [0.2, 0.25) is 0 Å². The summed E-state index contributed by atoms with van der Waals surface area (Å²) >= 11 is 0. The van der Waals surface area contributed by atoms with E-state index in [1.54, 1.807) is 0 Å². The molecule has 3 fully saturated rings. The van der Waals surface area contributed by atoms with Gasteiger partial charge in [0.1, 0.15) is 0 Å². The molecule has 2 unspecified atom stereocenters. The van der Waals surface area contributed by atoms with E-state index in [0.717, 1.165) is 18.5 Å². The van der Waals surface area contributed by atoms with Gasteiger partial charge in [0.05, 0.1) is 0 Å². The van der Waals surface area contributed by atoms with E-state index in [-0.39, 0.29) is 0 Å². The largest absolute Gasteiger partial charge is 0.326 e. The van der Waals surface area contributed by atoms with Crippen LogP contribution in [0.2, 0.25) is 0 Å². The van der Waals surface area contributed by atoms with Crippen LogP contribution in [0.5, 0.6) is 0 Å². The second kappa shape index (κ2) is 5.89.